The minimum atomic E-state index is -8.97. The average Bonchev–Trinajstić information content (AvgIpc) is 2.68. The van der Waals surface area contributed by atoms with Crippen LogP contribution >= 0.6 is 7.82 Å². The minimum Gasteiger partial charge on any atom is -0.790 e. The second-order valence-electron chi connectivity index (χ2n) is 6.74. The number of alkyl halides is 17. The quantitative estimate of drug-likeness (QED) is 0.120. The Bertz CT molecular complexity index is 1020. The fraction of sp³-hybridized carbons (Fsp3) is 1.00. The van der Waals surface area contributed by atoms with Gasteiger partial charge < -0.3 is 18.9 Å². The Morgan fingerprint density at radius 3 is 1.23 bits per heavy atom. The Morgan fingerprint density at radius 2 is 0.950 bits per heavy atom. The van der Waals surface area contributed by atoms with Gasteiger partial charge in [0.2, 0.25) is 0 Å². The third-order valence-electron chi connectivity index (χ3n) is 4.30. The van der Waals surface area contributed by atoms with Crippen LogP contribution in [0.25, 0.3) is 0 Å². The third kappa shape index (κ3) is 7.20. The number of hydrogen-bond donors (Lipinski definition) is 0. The summed E-state index contributed by atoms with van der Waals surface area (Å²) in [6.45, 7) is -5.01. The topological polar surface area (TPSA) is 110 Å². The van der Waals surface area contributed by atoms with Gasteiger partial charge in [0.1, 0.15) is 0 Å². The van der Waals surface area contributed by atoms with Gasteiger partial charge in [-0.25, -0.2) is 8.42 Å². The molecule has 7 nitrogen and oxygen atoms in total. The summed E-state index contributed by atoms with van der Waals surface area (Å²) >= 11 is 0. The maximum Gasteiger partial charge on any atom is 1.00 e. The monoisotopic (exact) mass is 695 g/mol. The molecule has 0 rings (SSSR count). The molecule has 0 bridgehead atoms. The van der Waals surface area contributed by atoms with E-state index in [1.165, 1.54) is 0 Å². The molecule has 0 spiro atoms. The molecule has 0 N–H and O–H groups in total. The minimum absolute atomic E-state index is 0. The summed E-state index contributed by atoms with van der Waals surface area (Å²) in [5.41, 5.74) is 0. The smallest absolute Gasteiger partial charge is 0.790 e. The molecule has 40 heavy (non-hydrogen) atoms. The molecule has 0 aromatic carbocycles. The maximum absolute atomic E-state index is 14.0. The van der Waals surface area contributed by atoms with Gasteiger partial charge in [0.05, 0.1) is 14.4 Å². The number of phosphoric ester groups is 1. The number of halogens is 17. The van der Waals surface area contributed by atoms with Gasteiger partial charge in [-0.3, -0.25) is 0 Å². The average molecular weight is 695 g/mol. The Hall–Kier alpha value is 0.830. The molecule has 28 heteroatoms. The summed E-state index contributed by atoms with van der Waals surface area (Å²) in [5.74, 6) is -52.4. The van der Waals surface area contributed by atoms with Gasteiger partial charge in [0.25, 0.3) is 10.0 Å². The first kappa shape index (κ1) is 45.3. The van der Waals surface area contributed by atoms with Crippen molar-refractivity contribution in [3.8, 4) is 0 Å². The normalized spacial score (nSPS) is 15.5. The number of likely N-dealkylation sites (N-methyl/N-ethyl adjacent to an activating group) is 1. The number of hydrogen-bond acceptors (Lipinski definition) is 6. The summed E-state index contributed by atoms with van der Waals surface area (Å²) in [6, 6.07) is 0. The zero-order valence-electron chi connectivity index (χ0n) is 19.3. The molecule has 0 amide bonds. The van der Waals surface area contributed by atoms with Crippen LogP contribution in [0.1, 0.15) is 6.92 Å². The van der Waals surface area contributed by atoms with Gasteiger partial charge >= 0.3 is 106 Å². The van der Waals surface area contributed by atoms with E-state index in [2.05, 4.69) is 4.52 Å². The zero-order valence-corrected chi connectivity index (χ0v) is 25.0. The number of phosphoric acid groups is 1. The van der Waals surface area contributed by atoms with Crippen molar-refractivity contribution in [2.24, 2.45) is 0 Å². The molecule has 0 aromatic rings. The van der Waals surface area contributed by atoms with Gasteiger partial charge in [0.15, 0.2) is 0 Å². The van der Waals surface area contributed by atoms with Crippen molar-refractivity contribution < 1.29 is 161 Å². The Balaban J connectivity index is -0.00000684. The van der Waals surface area contributed by atoms with E-state index in [0.29, 0.717) is 6.92 Å². The fourth-order valence-corrected chi connectivity index (χ4v) is 3.91. The van der Waals surface area contributed by atoms with Gasteiger partial charge in [0, 0.05) is 13.1 Å². The first-order chi connectivity index (χ1) is 16.2. The molecular weight excluding hydrogens is 686 g/mol. The second-order valence-corrected chi connectivity index (χ2v) is 9.87. The molecule has 0 saturated carbocycles. The number of nitrogens with zero attached hydrogens (tertiary/aromatic N) is 1. The van der Waals surface area contributed by atoms with Crippen LogP contribution in [0.5, 0.6) is 0 Å². The van der Waals surface area contributed by atoms with Crippen LogP contribution < -0.4 is 68.9 Å². The van der Waals surface area contributed by atoms with Crippen LogP contribution in [0.4, 0.5) is 74.6 Å². The van der Waals surface area contributed by atoms with E-state index in [-0.39, 0.29) is 59.1 Å². The van der Waals surface area contributed by atoms with Crippen LogP contribution in [-0.2, 0) is 19.1 Å². The second kappa shape index (κ2) is 13.1. The van der Waals surface area contributed by atoms with Crippen molar-refractivity contribution in [3.05, 3.63) is 0 Å². The number of rotatable bonds is 13. The van der Waals surface area contributed by atoms with E-state index in [1.54, 1.807) is 0 Å². The van der Waals surface area contributed by atoms with E-state index in [1.807, 2.05) is 0 Å². The molecule has 0 aromatic heterocycles. The largest absolute Gasteiger partial charge is 1.00 e. The molecule has 0 fully saturated rings. The van der Waals surface area contributed by atoms with Crippen LogP contribution in [0.15, 0.2) is 0 Å². The molecule has 0 aliphatic carbocycles. The predicted molar refractivity (Wildman–Crippen MR) is 80.4 cm³/mol. The summed E-state index contributed by atoms with van der Waals surface area (Å²) in [5, 5.41) is -7.79. The first-order valence-corrected chi connectivity index (χ1v) is 11.4. The first-order valence-electron chi connectivity index (χ1n) is 8.54. The zero-order chi connectivity index (χ0) is 31.4. The molecule has 0 unspecified atom stereocenters. The van der Waals surface area contributed by atoms with Crippen molar-refractivity contribution in [3.63, 3.8) is 0 Å². The Labute approximate surface area is 255 Å². The van der Waals surface area contributed by atoms with Crippen LogP contribution in [0, 0.1) is 0 Å². The van der Waals surface area contributed by atoms with Crippen molar-refractivity contribution in [2.75, 3.05) is 19.7 Å². The molecule has 230 valence electrons. The molecule has 0 saturated heterocycles. The van der Waals surface area contributed by atoms with Crippen molar-refractivity contribution in [1.29, 1.82) is 0 Å². The molecule has 0 atom stereocenters. The van der Waals surface area contributed by atoms with E-state index in [9.17, 15) is 97.4 Å². The van der Waals surface area contributed by atoms with Gasteiger partial charge in [-0.2, -0.15) is 78.9 Å². The van der Waals surface area contributed by atoms with Crippen molar-refractivity contribution >= 4 is 17.8 Å². The van der Waals surface area contributed by atoms with Gasteiger partial charge in [-0.1, -0.05) is 6.92 Å². The molecule has 0 heterocycles. The Morgan fingerprint density at radius 1 is 0.650 bits per heavy atom. The third-order valence-corrected chi connectivity index (χ3v) is 6.82. The van der Waals surface area contributed by atoms with Gasteiger partial charge in [-0.15, -0.1) is 0 Å². The fourth-order valence-electron chi connectivity index (χ4n) is 2.18. The molecular formula is C12H9F17NNa2O6PS. The van der Waals surface area contributed by atoms with E-state index in [0.717, 1.165) is 0 Å². The van der Waals surface area contributed by atoms with Crippen LogP contribution in [0.3, 0.4) is 0 Å². The van der Waals surface area contributed by atoms with Crippen molar-refractivity contribution in [1.82, 2.24) is 4.31 Å². The van der Waals surface area contributed by atoms with E-state index < -0.39 is 88.8 Å². The standard InChI is InChI=1S/C12H11F17NO6PS.2Na/c1-2-30(3-4-36-37(31,32)33)38(34,35)12(28,29)10(23,24)8(19,20)6(15,16)5(13,14)7(17,18)9(21,22)11(25,26)27;;/h2-4H2,1H3,(H2,31,32,33);;/q;2*+1/p-2. The van der Waals surface area contributed by atoms with Crippen LogP contribution in [-0.4, -0.2) is 79.4 Å². The predicted octanol–water partition coefficient (Wildman–Crippen LogP) is -2.54. The summed E-state index contributed by atoms with van der Waals surface area (Å²) in [7, 11) is -13.6. The SMILES string of the molecule is CCN(CCOP(=O)([O-])[O-])S(=O)(=O)C(F)(F)C(F)(F)C(F)(F)C(F)(F)C(F)(F)C(F)(F)C(F)(F)C(F)(F)F.[Na+].[Na+]. The number of sulfonamides is 1. The van der Waals surface area contributed by atoms with Gasteiger partial charge in [-0.05, 0) is 0 Å². The van der Waals surface area contributed by atoms with E-state index in [4.69, 9.17) is 0 Å². The summed E-state index contributed by atoms with van der Waals surface area (Å²) in [4.78, 5) is 20.5. The molecule has 0 radical (unpaired) electrons. The Kier molecular flexibility index (Phi) is 14.8. The summed E-state index contributed by atoms with van der Waals surface area (Å²) in [6.07, 6.45) is -7.94. The van der Waals surface area contributed by atoms with Crippen LogP contribution in [0.2, 0.25) is 0 Å². The van der Waals surface area contributed by atoms with Crippen molar-refractivity contribution in [2.45, 2.75) is 53.9 Å². The molecule has 0 aliphatic heterocycles. The van der Waals surface area contributed by atoms with E-state index >= 15 is 0 Å². The molecule has 0 aliphatic rings. The summed E-state index contributed by atoms with van der Waals surface area (Å²) < 4.78 is 261. The maximum atomic E-state index is 14.0.